The molecule has 3 nitrogen and oxygen atoms in total. The Balaban J connectivity index is 1.98. The predicted molar refractivity (Wildman–Crippen MR) is 70.0 cm³/mol. The number of hydrogen-bond donors (Lipinski definition) is 0. The standard InChI is InChI=1S/C15H20O3/c1-4-5-17-15-13(16)9-14(15)18-12-7-10(2)6-11(3)8-12/h6-8,14-15H,4-5,9H2,1-3H3. The van der Waals surface area contributed by atoms with Crippen LogP contribution >= 0.6 is 0 Å². The third kappa shape index (κ3) is 2.91. The van der Waals surface area contributed by atoms with Crippen molar-refractivity contribution >= 4 is 5.78 Å². The topological polar surface area (TPSA) is 35.5 Å². The highest BCUT2D eigenvalue weighted by Crippen LogP contribution is 2.27. The van der Waals surface area contributed by atoms with E-state index in [1.165, 1.54) is 11.1 Å². The van der Waals surface area contributed by atoms with Crippen LogP contribution in [0.4, 0.5) is 0 Å². The first-order chi connectivity index (χ1) is 8.60. The summed E-state index contributed by atoms with van der Waals surface area (Å²) in [6, 6.07) is 6.09. The van der Waals surface area contributed by atoms with Crippen molar-refractivity contribution in [2.24, 2.45) is 0 Å². The average Bonchev–Trinajstić information content (AvgIpc) is 2.27. The Labute approximate surface area is 108 Å². The lowest BCUT2D eigenvalue weighted by Gasteiger charge is -2.34. The second kappa shape index (κ2) is 5.53. The lowest BCUT2D eigenvalue weighted by molar-refractivity contribution is -0.154. The lowest BCUT2D eigenvalue weighted by Crippen LogP contribution is -2.52. The number of hydrogen-bond acceptors (Lipinski definition) is 3. The lowest BCUT2D eigenvalue weighted by atomic mass is 9.90. The number of carbonyl (C=O) groups excluding carboxylic acids is 1. The maximum atomic E-state index is 11.5. The molecular weight excluding hydrogens is 228 g/mol. The second-order valence-electron chi connectivity index (χ2n) is 4.94. The highest BCUT2D eigenvalue weighted by atomic mass is 16.5. The Morgan fingerprint density at radius 1 is 1.22 bits per heavy atom. The molecule has 1 aromatic carbocycles. The minimum atomic E-state index is -0.370. The molecule has 0 aromatic heterocycles. The number of carbonyl (C=O) groups is 1. The summed E-state index contributed by atoms with van der Waals surface area (Å²) in [5.74, 6) is 0.980. The quantitative estimate of drug-likeness (QED) is 0.803. The first kappa shape index (κ1) is 13.1. The van der Waals surface area contributed by atoms with Gasteiger partial charge in [0.05, 0.1) is 0 Å². The Hall–Kier alpha value is -1.35. The van der Waals surface area contributed by atoms with Gasteiger partial charge in [-0.3, -0.25) is 4.79 Å². The first-order valence-corrected chi connectivity index (χ1v) is 6.49. The maximum Gasteiger partial charge on any atom is 0.169 e. The summed E-state index contributed by atoms with van der Waals surface area (Å²) in [6.45, 7) is 6.72. The van der Waals surface area contributed by atoms with Crippen LogP contribution in [0.5, 0.6) is 5.75 Å². The van der Waals surface area contributed by atoms with Gasteiger partial charge in [0.1, 0.15) is 11.9 Å². The van der Waals surface area contributed by atoms with Crippen molar-refractivity contribution in [3.63, 3.8) is 0 Å². The summed E-state index contributed by atoms with van der Waals surface area (Å²) >= 11 is 0. The molecule has 0 heterocycles. The minimum absolute atomic E-state index is 0.120. The molecule has 1 aromatic rings. The van der Waals surface area contributed by atoms with Gasteiger partial charge in [-0.2, -0.15) is 0 Å². The second-order valence-corrected chi connectivity index (χ2v) is 4.94. The van der Waals surface area contributed by atoms with Crippen LogP contribution in [0.3, 0.4) is 0 Å². The van der Waals surface area contributed by atoms with Gasteiger partial charge >= 0.3 is 0 Å². The van der Waals surface area contributed by atoms with Crippen LogP contribution in [0, 0.1) is 13.8 Å². The molecular formula is C15H20O3. The monoisotopic (exact) mass is 248 g/mol. The van der Waals surface area contributed by atoms with Gasteiger partial charge in [0.15, 0.2) is 11.9 Å². The van der Waals surface area contributed by atoms with Crippen molar-refractivity contribution in [2.45, 2.75) is 45.8 Å². The van der Waals surface area contributed by atoms with Gasteiger partial charge in [-0.1, -0.05) is 13.0 Å². The molecule has 0 bridgehead atoms. The van der Waals surface area contributed by atoms with Crippen molar-refractivity contribution in [1.82, 2.24) is 0 Å². The van der Waals surface area contributed by atoms with E-state index in [4.69, 9.17) is 9.47 Å². The van der Waals surface area contributed by atoms with E-state index in [2.05, 4.69) is 6.07 Å². The SMILES string of the molecule is CCCOC1C(=O)CC1Oc1cc(C)cc(C)c1. The van der Waals surface area contributed by atoms with Crippen LogP contribution in [0.25, 0.3) is 0 Å². The van der Waals surface area contributed by atoms with Gasteiger partial charge in [-0.05, 0) is 43.5 Å². The van der Waals surface area contributed by atoms with Crippen LogP contribution in [0.2, 0.25) is 0 Å². The van der Waals surface area contributed by atoms with E-state index in [0.29, 0.717) is 13.0 Å². The fourth-order valence-electron chi connectivity index (χ4n) is 2.19. The summed E-state index contributed by atoms with van der Waals surface area (Å²) < 4.78 is 11.4. The van der Waals surface area contributed by atoms with E-state index in [9.17, 15) is 4.79 Å². The predicted octanol–water partition coefficient (Wildman–Crippen LogP) is 2.82. The molecule has 1 saturated carbocycles. The van der Waals surface area contributed by atoms with Crippen molar-refractivity contribution in [3.05, 3.63) is 29.3 Å². The van der Waals surface area contributed by atoms with E-state index in [0.717, 1.165) is 12.2 Å². The largest absolute Gasteiger partial charge is 0.487 e. The molecule has 0 amide bonds. The van der Waals surface area contributed by atoms with E-state index in [1.807, 2.05) is 32.9 Å². The van der Waals surface area contributed by atoms with E-state index in [-0.39, 0.29) is 18.0 Å². The molecule has 0 N–H and O–H groups in total. The molecule has 0 spiro atoms. The molecule has 0 radical (unpaired) electrons. The summed E-state index contributed by atoms with van der Waals surface area (Å²) in [5.41, 5.74) is 2.34. The van der Waals surface area contributed by atoms with Gasteiger partial charge < -0.3 is 9.47 Å². The summed E-state index contributed by atoms with van der Waals surface area (Å²) in [4.78, 5) is 11.5. The molecule has 1 aliphatic carbocycles. The van der Waals surface area contributed by atoms with Gasteiger partial charge in [-0.25, -0.2) is 0 Å². The van der Waals surface area contributed by atoms with Crippen molar-refractivity contribution < 1.29 is 14.3 Å². The smallest absolute Gasteiger partial charge is 0.169 e. The van der Waals surface area contributed by atoms with Crippen molar-refractivity contribution in [3.8, 4) is 5.75 Å². The first-order valence-electron chi connectivity index (χ1n) is 6.49. The average molecular weight is 248 g/mol. The fraction of sp³-hybridized carbons (Fsp3) is 0.533. The van der Waals surface area contributed by atoms with E-state index < -0.39 is 0 Å². The van der Waals surface area contributed by atoms with Crippen LogP contribution in [0.15, 0.2) is 18.2 Å². The molecule has 2 unspecified atom stereocenters. The molecule has 2 rings (SSSR count). The summed E-state index contributed by atoms with van der Waals surface area (Å²) in [5, 5.41) is 0. The summed E-state index contributed by atoms with van der Waals surface area (Å²) in [7, 11) is 0. The number of ether oxygens (including phenoxy) is 2. The molecule has 18 heavy (non-hydrogen) atoms. The highest BCUT2D eigenvalue weighted by molar-refractivity contribution is 5.90. The van der Waals surface area contributed by atoms with Crippen molar-refractivity contribution in [1.29, 1.82) is 0 Å². The van der Waals surface area contributed by atoms with Gasteiger partial charge in [0, 0.05) is 13.0 Å². The molecule has 2 atom stereocenters. The van der Waals surface area contributed by atoms with Crippen LogP contribution < -0.4 is 4.74 Å². The fourth-order valence-corrected chi connectivity index (χ4v) is 2.19. The third-order valence-electron chi connectivity index (χ3n) is 3.04. The third-order valence-corrected chi connectivity index (χ3v) is 3.04. The number of ketones is 1. The van der Waals surface area contributed by atoms with Crippen LogP contribution in [-0.4, -0.2) is 24.6 Å². The Morgan fingerprint density at radius 2 is 1.89 bits per heavy atom. The Kier molecular flexibility index (Phi) is 4.02. The number of benzene rings is 1. The van der Waals surface area contributed by atoms with E-state index in [1.54, 1.807) is 0 Å². The Morgan fingerprint density at radius 3 is 2.44 bits per heavy atom. The number of aryl methyl sites for hydroxylation is 2. The zero-order chi connectivity index (χ0) is 13.1. The zero-order valence-corrected chi connectivity index (χ0v) is 11.2. The molecule has 0 saturated heterocycles. The van der Waals surface area contributed by atoms with Gasteiger partial charge in [-0.15, -0.1) is 0 Å². The summed E-state index contributed by atoms with van der Waals surface area (Å²) in [6.07, 6.45) is 0.887. The van der Waals surface area contributed by atoms with Crippen LogP contribution in [0.1, 0.15) is 30.9 Å². The zero-order valence-electron chi connectivity index (χ0n) is 11.2. The number of rotatable bonds is 5. The molecule has 1 fully saturated rings. The van der Waals surface area contributed by atoms with E-state index >= 15 is 0 Å². The minimum Gasteiger partial charge on any atom is -0.487 e. The van der Waals surface area contributed by atoms with Crippen molar-refractivity contribution in [2.75, 3.05) is 6.61 Å². The van der Waals surface area contributed by atoms with Gasteiger partial charge in [0.2, 0.25) is 0 Å². The molecule has 98 valence electrons. The normalized spacial score (nSPS) is 22.7. The number of Topliss-reactive ketones (excluding diaryl/α,β-unsaturated/α-hetero) is 1. The van der Waals surface area contributed by atoms with Crippen LogP contribution in [-0.2, 0) is 9.53 Å². The highest BCUT2D eigenvalue weighted by Gasteiger charge is 2.42. The molecule has 1 aliphatic rings. The Bertz CT molecular complexity index is 419. The maximum absolute atomic E-state index is 11.5. The van der Waals surface area contributed by atoms with Gasteiger partial charge in [0.25, 0.3) is 0 Å². The molecule has 0 aliphatic heterocycles. The molecule has 3 heteroatoms.